The molecule has 1 aromatic rings. The van der Waals surface area contributed by atoms with Crippen molar-refractivity contribution in [3.05, 3.63) is 22.6 Å². The minimum atomic E-state index is 0.131. The lowest BCUT2D eigenvalue weighted by atomic mass is 9.89. The lowest BCUT2D eigenvalue weighted by molar-refractivity contribution is 0.266. The van der Waals surface area contributed by atoms with E-state index >= 15 is 0 Å². The van der Waals surface area contributed by atoms with Crippen LogP contribution in [-0.4, -0.2) is 0 Å². The predicted octanol–water partition coefficient (Wildman–Crippen LogP) is 2.98. The molecule has 1 aliphatic rings. The Labute approximate surface area is 98.5 Å². The van der Waals surface area contributed by atoms with Gasteiger partial charge < -0.3 is 4.42 Å². The highest BCUT2D eigenvalue weighted by atomic mass is 79.9. The fraction of sp³-hybridized carbons (Fsp3) is 0.636. The molecule has 3 atom stereocenters. The average molecular weight is 273 g/mol. The second-order valence-corrected chi connectivity index (χ2v) is 5.20. The summed E-state index contributed by atoms with van der Waals surface area (Å²) in [5, 5.41) is 0. The Morgan fingerprint density at radius 2 is 2.40 bits per heavy atom. The molecule has 3 N–H and O–H groups in total. The van der Waals surface area contributed by atoms with Crippen molar-refractivity contribution >= 4 is 15.9 Å². The van der Waals surface area contributed by atoms with Gasteiger partial charge in [0.05, 0.1) is 16.8 Å². The highest BCUT2D eigenvalue weighted by molar-refractivity contribution is 9.10. The zero-order valence-corrected chi connectivity index (χ0v) is 10.5. The smallest absolute Gasteiger partial charge is 0.136 e. The molecule has 0 bridgehead atoms. The third kappa shape index (κ3) is 2.12. The van der Waals surface area contributed by atoms with Crippen molar-refractivity contribution in [2.45, 2.75) is 32.2 Å². The Kier molecular flexibility index (Phi) is 3.49. The molecule has 3 unspecified atom stereocenters. The van der Waals surface area contributed by atoms with E-state index in [1.807, 2.05) is 6.07 Å². The van der Waals surface area contributed by atoms with E-state index in [-0.39, 0.29) is 6.04 Å². The van der Waals surface area contributed by atoms with Crippen LogP contribution in [0.15, 0.2) is 21.2 Å². The molecule has 84 valence electrons. The third-order valence-electron chi connectivity index (χ3n) is 3.46. The topological polar surface area (TPSA) is 51.2 Å². The number of hydrazine groups is 1. The number of halogens is 1. The van der Waals surface area contributed by atoms with Crippen molar-refractivity contribution in [3.63, 3.8) is 0 Å². The molecule has 1 heterocycles. The first-order valence-electron chi connectivity index (χ1n) is 5.43. The Morgan fingerprint density at radius 3 is 2.87 bits per heavy atom. The second kappa shape index (κ2) is 4.68. The zero-order chi connectivity index (χ0) is 10.8. The van der Waals surface area contributed by atoms with Crippen LogP contribution < -0.4 is 11.3 Å². The summed E-state index contributed by atoms with van der Waals surface area (Å²) in [6, 6.07) is 2.05. The second-order valence-electron chi connectivity index (χ2n) is 4.35. The van der Waals surface area contributed by atoms with E-state index in [4.69, 9.17) is 10.3 Å². The number of rotatable bonds is 3. The molecule has 1 aliphatic carbocycles. The van der Waals surface area contributed by atoms with Gasteiger partial charge in [-0.25, -0.2) is 5.43 Å². The van der Waals surface area contributed by atoms with Gasteiger partial charge in [0.2, 0.25) is 0 Å². The first kappa shape index (κ1) is 11.2. The molecule has 0 aromatic carbocycles. The van der Waals surface area contributed by atoms with E-state index in [1.165, 1.54) is 19.3 Å². The zero-order valence-electron chi connectivity index (χ0n) is 8.87. The molecule has 0 spiro atoms. The molecule has 2 rings (SSSR count). The molecule has 1 aromatic heterocycles. The normalized spacial score (nSPS) is 28.2. The Balaban J connectivity index is 2.20. The van der Waals surface area contributed by atoms with Crippen molar-refractivity contribution in [2.75, 3.05) is 0 Å². The quantitative estimate of drug-likeness (QED) is 0.657. The van der Waals surface area contributed by atoms with Gasteiger partial charge in [0.1, 0.15) is 5.76 Å². The van der Waals surface area contributed by atoms with E-state index in [0.717, 1.165) is 10.2 Å². The molecule has 4 heteroatoms. The molecule has 3 nitrogen and oxygen atoms in total. The first-order chi connectivity index (χ1) is 7.24. The lowest BCUT2D eigenvalue weighted by Gasteiger charge is -2.24. The van der Waals surface area contributed by atoms with Crippen molar-refractivity contribution in [1.29, 1.82) is 0 Å². The van der Waals surface area contributed by atoms with E-state index in [0.29, 0.717) is 11.8 Å². The maximum atomic E-state index is 5.64. The van der Waals surface area contributed by atoms with E-state index in [9.17, 15) is 0 Å². The molecular formula is C11H17BrN2O. The predicted molar refractivity (Wildman–Crippen MR) is 63.0 cm³/mol. The van der Waals surface area contributed by atoms with Gasteiger partial charge in [0.25, 0.3) is 0 Å². The van der Waals surface area contributed by atoms with Gasteiger partial charge in [-0.3, -0.25) is 5.84 Å². The summed E-state index contributed by atoms with van der Waals surface area (Å²) in [5.74, 6) is 7.86. The standard InChI is InChI=1S/C11H17BrN2O/c1-7-3-2-4-8(7)10(14-13)11-9(12)5-6-15-11/h5-8,10,14H,2-4,13H2,1H3. The number of hydrogen-bond acceptors (Lipinski definition) is 3. The number of nitrogens with two attached hydrogens (primary N) is 1. The van der Waals surface area contributed by atoms with E-state index < -0.39 is 0 Å². The number of hydrogen-bond donors (Lipinski definition) is 2. The summed E-state index contributed by atoms with van der Waals surface area (Å²) in [6.45, 7) is 2.29. The van der Waals surface area contributed by atoms with Crippen molar-refractivity contribution < 1.29 is 4.42 Å². The molecule has 0 radical (unpaired) electrons. The summed E-state index contributed by atoms with van der Waals surface area (Å²) >= 11 is 3.49. The van der Waals surface area contributed by atoms with Crippen LogP contribution in [0.2, 0.25) is 0 Å². The van der Waals surface area contributed by atoms with Crippen LogP contribution in [-0.2, 0) is 0 Å². The van der Waals surface area contributed by atoms with Gasteiger partial charge >= 0.3 is 0 Å². The molecular weight excluding hydrogens is 256 g/mol. The molecule has 1 saturated carbocycles. The average Bonchev–Trinajstić information content (AvgIpc) is 2.80. The maximum absolute atomic E-state index is 5.64. The van der Waals surface area contributed by atoms with Crippen LogP contribution in [0, 0.1) is 11.8 Å². The van der Waals surface area contributed by atoms with E-state index in [1.54, 1.807) is 6.26 Å². The van der Waals surface area contributed by atoms with Gasteiger partial charge in [-0.15, -0.1) is 0 Å². The summed E-state index contributed by atoms with van der Waals surface area (Å²) in [7, 11) is 0. The third-order valence-corrected chi connectivity index (χ3v) is 4.12. The first-order valence-corrected chi connectivity index (χ1v) is 6.22. The fourth-order valence-electron chi connectivity index (χ4n) is 2.59. The summed E-state index contributed by atoms with van der Waals surface area (Å²) < 4.78 is 6.49. The number of nitrogens with one attached hydrogen (secondary N) is 1. The fourth-order valence-corrected chi connectivity index (χ4v) is 3.04. The van der Waals surface area contributed by atoms with Crippen LogP contribution in [0.5, 0.6) is 0 Å². The van der Waals surface area contributed by atoms with Gasteiger partial charge in [0.15, 0.2) is 0 Å². The molecule has 1 fully saturated rings. The molecule has 0 amide bonds. The van der Waals surface area contributed by atoms with Crippen molar-refractivity contribution in [1.82, 2.24) is 5.43 Å². The van der Waals surface area contributed by atoms with Crippen LogP contribution in [0.25, 0.3) is 0 Å². The largest absolute Gasteiger partial charge is 0.466 e. The van der Waals surface area contributed by atoms with Gasteiger partial charge in [-0.05, 0) is 40.3 Å². The lowest BCUT2D eigenvalue weighted by Crippen LogP contribution is -2.34. The van der Waals surface area contributed by atoms with Crippen molar-refractivity contribution in [2.24, 2.45) is 17.7 Å². The SMILES string of the molecule is CC1CCCC1C(NN)c1occc1Br. The van der Waals surface area contributed by atoms with Crippen LogP contribution in [0.4, 0.5) is 0 Å². The molecule has 15 heavy (non-hydrogen) atoms. The minimum Gasteiger partial charge on any atom is -0.466 e. The summed E-state index contributed by atoms with van der Waals surface area (Å²) in [4.78, 5) is 0. The summed E-state index contributed by atoms with van der Waals surface area (Å²) in [6.07, 6.45) is 5.51. The van der Waals surface area contributed by atoms with Gasteiger partial charge in [-0.2, -0.15) is 0 Å². The highest BCUT2D eigenvalue weighted by Crippen LogP contribution is 2.41. The van der Waals surface area contributed by atoms with Crippen LogP contribution >= 0.6 is 15.9 Å². The monoisotopic (exact) mass is 272 g/mol. The summed E-state index contributed by atoms with van der Waals surface area (Å²) in [5.41, 5.74) is 2.89. The Hall–Kier alpha value is -0.320. The Morgan fingerprint density at radius 1 is 1.60 bits per heavy atom. The van der Waals surface area contributed by atoms with Gasteiger partial charge in [-0.1, -0.05) is 19.8 Å². The van der Waals surface area contributed by atoms with Crippen LogP contribution in [0.1, 0.15) is 38.0 Å². The minimum absolute atomic E-state index is 0.131. The number of furan rings is 1. The van der Waals surface area contributed by atoms with Crippen LogP contribution in [0.3, 0.4) is 0 Å². The maximum Gasteiger partial charge on any atom is 0.136 e. The van der Waals surface area contributed by atoms with Gasteiger partial charge in [0, 0.05) is 0 Å². The molecule has 0 aliphatic heterocycles. The Bertz CT molecular complexity index is 326. The molecule has 0 saturated heterocycles. The highest BCUT2D eigenvalue weighted by Gasteiger charge is 2.33. The van der Waals surface area contributed by atoms with Crippen molar-refractivity contribution in [3.8, 4) is 0 Å². The van der Waals surface area contributed by atoms with E-state index in [2.05, 4.69) is 28.3 Å².